The molecule has 34 heavy (non-hydrogen) atoms. The molecule has 2 aromatic carbocycles. The fraction of sp³-hybridized carbons (Fsp3) is 0.240. The van der Waals surface area contributed by atoms with E-state index in [2.05, 4.69) is 10.6 Å². The van der Waals surface area contributed by atoms with Gasteiger partial charge in [-0.3, -0.25) is 9.59 Å². The average molecular weight is 497 g/mol. The van der Waals surface area contributed by atoms with Crippen LogP contribution in [0.3, 0.4) is 0 Å². The van der Waals surface area contributed by atoms with Crippen LogP contribution in [0.15, 0.2) is 66.0 Å². The van der Waals surface area contributed by atoms with Gasteiger partial charge in [-0.25, -0.2) is 4.79 Å². The van der Waals surface area contributed by atoms with Crippen molar-refractivity contribution < 1.29 is 14.4 Å². The predicted molar refractivity (Wildman–Crippen MR) is 134 cm³/mol. The van der Waals surface area contributed by atoms with Crippen LogP contribution >= 0.6 is 22.9 Å². The Balaban J connectivity index is 1.28. The summed E-state index contributed by atoms with van der Waals surface area (Å²) in [6, 6.07) is 17.7. The van der Waals surface area contributed by atoms with E-state index in [0.29, 0.717) is 60.3 Å². The van der Waals surface area contributed by atoms with Crippen LogP contribution in [-0.2, 0) is 6.54 Å². The maximum atomic E-state index is 13.0. The Morgan fingerprint density at radius 3 is 2.29 bits per heavy atom. The molecule has 0 radical (unpaired) electrons. The minimum absolute atomic E-state index is 0.0610. The van der Waals surface area contributed by atoms with E-state index >= 15 is 0 Å². The molecule has 3 aromatic rings. The second-order valence-electron chi connectivity index (χ2n) is 7.93. The standard InChI is InChI=1S/C25H25ClN4O3S/c26-20-8-10-21(11-9-20)28-25(33)30-13-2-12-29(14-15-30)24(32)19-6-4-18(5-7-19)17-27-23(31)22-3-1-16-34-22/h1,3-11,16H,2,12-15,17H2,(H,27,31)(H,28,33). The molecule has 1 saturated heterocycles. The minimum Gasteiger partial charge on any atom is -0.347 e. The SMILES string of the molecule is O=C(NCc1ccc(C(=O)N2CCCN(C(=O)Nc3ccc(Cl)cc3)CC2)cc1)c1cccs1. The van der Waals surface area contributed by atoms with Crippen molar-refractivity contribution >= 4 is 46.5 Å². The Labute approximate surface area is 207 Å². The Morgan fingerprint density at radius 2 is 1.59 bits per heavy atom. The number of amides is 4. The molecule has 0 saturated carbocycles. The second kappa shape index (κ2) is 11.2. The van der Waals surface area contributed by atoms with Crippen LogP contribution in [0.1, 0.15) is 32.0 Å². The summed E-state index contributed by atoms with van der Waals surface area (Å²) in [6.45, 7) is 2.48. The van der Waals surface area contributed by atoms with Crippen molar-refractivity contribution in [1.82, 2.24) is 15.1 Å². The number of carbonyl (C=O) groups excluding carboxylic acids is 3. The molecule has 0 unspecified atom stereocenters. The topological polar surface area (TPSA) is 81.8 Å². The van der Waals surface area contributed by atoms with E-state index in [9.17, 15) is 14.4 Å². The maximum absolute atomic E-state index is 13.0. The summed E-state index contributed by atoms with van der Waals surface area (Å²) in [7, 11) is 0. The number of hydrogen-bond acceptors (Lipinski definition) is 4. The van der Waals surface area contributed by atoms with Crippen molar-refractivity contribution in [3.8, 4) is 0 Å². The zero-order valence-electron chi connectivity index (χ0n) is 18.5. The van der Waals surface area contributed by atoms with Gasteiger partial charge in [0.05, 0.1) is 4.88 Å². The molecule has 4 amide bonds. The summed E-state index contributed by atoms with van der Waals surface area (Å²) >= 11 is 7.29. The maximum Gasteiger partial charge on any atom is 0.321 e. The monoisotopic (exact) mass is 496 g/mol. The van der Waals surface area contributed by atoms with E-state index < -0.39 is 0 Å². The van der Waals surface area contributed by atoms with E-state index in [0.717, 1.165) is 5.56 Å². The number of nitrogens with zero attached hydrogens (tertiary/aromatic N) is 2. The highest BCUT2D eigenvalue weighted by Gasteiger charge is 2.23. The van der Waals surface area contributed by atoms with E-state index in [-0.39, 0.29) is 17.8 Å². The summed E-state index contributed by atoms with van der Waals surface area (Å²) in [4.78, 5) is 41.9. The number of rotatable bonds is 5. The van der Waals surface area contributed by atoms with Crippen LogP contribution < -0.4 is 10.6 Å². The van der Waals surface area contributed by atoms with Gasteiger partial charge in [-0.15, -0.1) is 11.3 Å². The molecular weight excluding hydrogens is 472 g/mol. The lowest BCUT2D eigenvalue weighted by molar-refractivity contribution is 0.0762. The smallest absolute Gasteiger partial charge is 0.321 e. The van der Waals surface area contributed by atoms with E-state index in [1.807, 2.05) is 23.6 Å². The lowest BCUT2D eigenvalue weighted by Gasteiger charge is -2.22. The summed E-state index contributed by atoms with van der Waals surface area (Å²) in [5.41, 5.74) is 2.19. The number of urea groups is 1. The molecule has 2 heterocycles. The molecule has 2 N–H and O–H groups in total. The van der Waals surface area contributed by atoms with Crippen molar-refractivity contribution in [3.63, 3.8) is 0 Å². The first-order valence-electron chi connectivity index (χ1n) is 11.0. The molecule has 7 nitrogen and oxygen atoms in total. The average Bonchev–Trinajstić information content (AvgIpc) is 3.28. The van der Waals surface area contributed by atoms with Gasteiger partial charge in [-0.1, -0.05) is 29.8 Å². The molecule has 0 spiro atoms. The molecule has 0 aliphatic carbocycles. The number of carbonyl (C=O) groups is 3. The van der Waals surface area contributed by atoms with Gasteiger partial charge in [0.25, 0.3) is 11.8 Å². The molecule has 1 fully saturated rings. The molecular formula is C25H25ClN4O3S. The predicted octanol–water partition coefficient (Wildman–Crippen LogP) is 4.71. The lowest BCUT2D eigenvalue weighted by Crippen LogP contribution is -2.39. The Hall–Kier alpha value is -3.36. The van der Waals surface area contributed by atoms with Gasteiger partial charge in [-0.2, -0.15) is 0 Å². The Kier molecular flexibility index (Phi) is 7.82. The fourth-order valence-corrected chi connectivity index (χ4v) is 4.45. The molecule has 0 atom stereocenters. The number of nitrogens with one attached hydrogen (secondary N) is 2. The van der Waals surface area contributed by atoms with Gasteiger partial charge in [0, 0.05) is 49.0 Å². The van der Waals surface area contributed by atoms with Crippen molar-refractivity contribution in [2.75, 3.05) is 31.5 Å². The zero-order chi connectivity index (χ0) is 23.9. The summed E-state index contributed by atoms with van der Waals surface area (Å²) in [5, 5.41) is 8.23. The van der Waals surface area contributed by atoms with Crippen LogP contribution in [0.5, 0.6) is 0 Å². The third kappa shape index (κ3) is 6.15. The minimum atomic E-state index is -0.189. The van der Waals surface area contributed by atoms with Crippen LogP contribution in [0.25, 0.3) is 0 Å². The molecule has 176 valence electrons. The number of anilines is 1. The molecule has 1 aliphatic heterocycles. The summed E-state index contributed by atoms with van der Waals surface area (Å²) < 4.78 is 0. The van der Waals surface area contributed by atoms with Crippen LogP contribution in [0.2, 0.25) is 5.02 Å². The molecule has 1 aromatic heterocycles. The summed E-state index contributed by atoms with van der Waals surface area (Å²) in [6.07, 6.45) is 0.701. The normalized spacial score (nSPS) is 13.8. The van der Waals surface area contributed by atoms with Gasteiger partial charge < -0.3 is 20.4 Å². The van der Waals surface area contributed by atoms with Gasteiger partial charge in [0.1, 0.15) is 0 Å². The first-order chi connectivity index (χ1) is 16.5. The van der Waals surface area contributed by atoms with Gasteiger partial charge in [0.2, 0.25) is 0 Å². The Bertz CT molecular complexity index is 1130. The summed E-state index contributed by atoms with van der Waals surface area (Å²) in [5.74, 6) is -0.168. The first kappa shape index (κ1) is 23.8. The van der Waals surface area contributed by atoms with Crippen LogP contribution in [0, 0.1) is 0 Å². The quantitative estimate of drug-likeness (QED) is 0.536. The van der Waals surface area contributed by atoms with E-state index in [1.165, 1.54) is 11.3 Å². The Morgan fingerprint density at radius 1 is 0.882 bits per heavy atom. The number of thiophene rings is 1. The fourth-order valence-electron chi connectivity index (χ4n) is 3.68. The molecule has 9 heteroatoms. The van der Waals surface area contributed by atoms with Crippen LogP contribution in [0.4, 0.5) is 10.5 Å². The highest BCUT2D eigenvalue weighted by atomic mass is 35.5. The first-order valence-corrected chi connectivity index (χ1v) is 12.3. The number of benzene rings is 2. The van der Waals surface area contributed by atoms with Crippen molar-refractivity contribution in [1.29, 1.82) is 0 Å². The third-order valence-corrected chi connectivity index (χ3v) is 6.69. The molecule has 1 aliphatic rings. The zero-order valence-corrected chi connectivity index (χ0v) is 20.1. The molecule has 0 bridgehead atoms. The van der Waals surface area contributed by atoms with Gasteiger partial charge in [-0.05, 0) is 59.8 Å². The van der Waals surface area contributed by atoms with Gasteiger partial charge in [0.15, 0.2) is 0 Å². The van der Waals surface area contributed by atoms with E-state index in [1.54, 1.807) is 52.3 Å². The largest absolute Gasteiger partial charge is 0.347 e. The van der Waals surface area contributed by atoms with Crippen molar-refractivity contribution in [2.24, 2.45) is 0 Å². The second-order valence-corrected chi connectivity index (χ2v) is 9.31. The highest BCUT2D eigenvalue weighted by molar-refractivity contribution is 7.12. The van der Waals surface area contributed by atoms with Crippen LogP contribution in [-0.4, -0.2) is 53.8 Å². The van der Waals surface area contributed by atoms with Crippen molar-refractivity contribution in [2.45, 2.75) is 13.0 Å². The number of hydrogen-bond donors (Lipinski definition) is 2. The highest BCUT2D eigenvalue weighted by Crippen LogP contribution is 2.16. The lowest BCUT2D eigenvalue weighted by atomic mass is 10.1. The third-order valence-electron chi connectivity index (χ3n) is 5.56. The molecule has 4 rings (SSSR count). The number of halogens is 1. The van der Waals surface area contributed by atoms with Gasteiger partial charge >= 0.3 is 6.03 Å². The van der Waals surface area contributed by atoms with E-state index in [4.69, 9.17) is 11.6 Å². The van der Waals surface area contributed by atoms with Crippen molar-refractivity contribution in [3.05, 3.63) is 87.1 Å².